The lowest BCUT2D eigenvalue weighted by atomic mass is 10.1. The van der Waals surface area contributed by atoms with Crippen LogP contribution >= 0.6 is 46.4 Å². The zero-order chi connectivity index (χ0) is 22.5. The summed E-state index contributed by atoms with van der Waals surface area (Å²) < 4.78 is 10.5. The molecule has 0 amide bonds. The van der Waals surface area contributed by atoms with Crippen molar-refractivity contribution in [3.05, 3.63) is 122 Å². The highest BCUT2D eigenvalue weighted by molar-refractivity contribution is 6.35. The second-order valence-corrected chi connectivity index (χ2v) is 9.22. The molecule has 1 heterocycles. The maximum Gasteiger partial charge on any atom is 0.244 e. The molecule has 0 spiro atoms. The lowest BCUT2D eigenvalue weighted by molar-refractivity contribution is -0.687. The van der Waals surface area contributed by atoms with E-state index in [2.05, 4.69) is 15.5 Å². The molecule has 3 nitrogen and oxygen atoms in total. The summed E-state index contributed by atoms with van der Waals surface area (Å²) in [7, 11) is 0. The molecule has 8 heteroatoms. The average molecular weight is 543 g/mol. The molecule has 0 radical (unpaired) electrons. The van der Waals surface area contributed by atoms with Crippen molar-refractivity contribution in [3.8, 4) is 0 Å². The molecule has 0 aliphatic rings. The molecule has 1 unspecified atom stereocenters. The third-order valence-corrected chi connectivity index (χ3v) is 6.14. The Kier molecular flexibility index (Phi) is 9.51. The summed E-state index contributed by atoms with van der Waals surface area (Å²) in [6.07, 6.45) is 5.86. The summed E-state index contributed by atoms with van der Waals surface area (Å²) in [4.78, 5) is 0. The van der Waals surface area contributed by atoms with Crippen LogP contribution in [0.15, 0.2) is 85.5 Å². The van der Waals surface area contributed by atoms with Crippen molar-refractivity contribution in [2.75, 3.05) is 0 Å². The summed E-state index contributed by atoms with van der Waals surface area (Å²) in [5.41, 5.74) is 3.10. The van der Waals surface area contributed by atoms with E-state index in [1.54, 1.807) is 6.07 Å². The van der Waals surface area contributed by atoms with Gasteiger partial charge >= 0.3 is 0 Å². The Hall–Kier alpha value is -1.72. The molecule has 172 valence electrons. The molecule has 0 aliphatic carbocycles. The SMILES string of the molecule is Clc1ccc(COC(Cn2cc[n+](Cc3ccc(Cl)cc3)c2)c2ccc(Cl)cc2Cl)cc1.[Cl-]. The molecule has 4 aromatic rings. The van der Waals surface area contributed by atoms with Crippen LogP contribution in [0.3, 0.4) is 0 Å². The van der Waals surface area contributed by atoms with E-state index in [9.17, 15) is 0 Å². The van der Waals surface area contributed by atoms with Crippen molar-refractivity contribution >= 4 is 46.4 Å². The Balaban J connectivity index is 0.00000306. The average Bonchev–Trinajstić information content (AvgIpc) is 3.21. The minimum atomic E-state index is -0.258. The second kappa shape index (κ2) is 12.1. The Morgan fingerprint density at radius 3 is 2.03 bits per heavy atom. The highest BCUT2D eigenvalue weighted by Gasteiger charge is 2.20. The first kappa shape index (κ1) is 25.9. The van der Waals surface area contributed by atoms with Crippen LogP contribution in [-0.2, 0) is 24.4 Å². The van der Waals surface area contributed by atoms with E-state index in [0.717, 1.165) is 22.7 Å². The Bertz CT molecular complexity index is 1180. The maximum atomic E-state index is 6.51. The van der Waals surface area contributed by atoms with E-state index in [1.165, 1.54) is 5.56 Å². The number of nitrogens with zero attached hydrogens (tertiary/aromatic N) is 2. The zero-order valence-electron chi connectivity index (χ0n) is 17.5. The molecular weight excluding hydrogens is 522 g/mol. The number of hydrogen-bond donors (Lipinski definition) is 0. The topological polar surface area (TPSA) is 18.0 Å². The zero-order valence-corrected chi connectivity index (χ0v) is 21.3. The molecule has 1 atom stereocenters. The second-order valence-electron chi connectivity index (χ2n) is 7.50. The van der Waals surface area contributed by atoms with Crippen LogP contribution in [0.1, 0.15) is 22.8 Å². The number of halogens is 5. The highest BCUT2D eigenvalue weighted by atomic mass is 35.5. The van der Waals surface area contributed by atoms with Crippen LogP contribution in [0.5, 0.6) is 0 Å². The van der Waals surface area contributed by atoms with Crippen molar-refractivity contribution in [1.82, 2.24) is 4.57 Å². The molecule has 0 bridgehead atoms. The fourth-order valence-corrected chi connectivity index (χ4v) is 4.20. The lowest BCUT2D eigenvalue weighted by Gasteiger charge is -2.18. The van der Waals surface area contributed by atoms with E-state index in [4.69, 9.17) is 51.1 Å². The maximum absolute atomic E-state index is 6.51. The van der Waals surface area contributed by atoms with Gasteiger partial charge < -0.3 is 17.1 Å². The van der Waals surface area contributed by atoms with Gasteiger partial charge in [-0.3, -0.25) is 0 Å². The molecular formula is C25H21Cl5N2O. The largest absolute Gasteiger partial charge is 1.00 e. The van der Waals surface area contributed by atoms with Crippen molar-refractivity contribution in [2.45, 2.75) is 25.8 Å². The van der Waals surface area contributed by atoms with Gasteiger partial charge in [0.25, 0.3) is 0 Å². The molecule has 4 rings (SSSR count). The minimum Gasteiger partial charge on any atom is -1.00 e. The standard InChI is InChI=1S/C25H21Cl4N2O.ClH/c26-20-5-1-18(2-6-20)14-30-11-12-31(17-30)15-25(23-10-9-22(28)13-24(23)29)32-16-19-3-7-21(27)8-4-19;/h1-13,17,25H,14-16H2;1H/q+1;/p-1. The number of imidazole rings is 1. The molecule has 0 N–H and O–H groups in total. The summed E-state index contributed by atoms with van der Waals surface area (Å²) in [5.74, 6) is 0. The Labute approximate surface area is 219 Å². The summed E-state index contributed by atoms with van der Waals surface area (Å²) in [6.45, 7) is 1.79. The Morgan fingerprint density at radius 2 is 1.39 bits per heavy atom. The fraction of sp³-hybridized carbons (Fsp3) is 0.160. The number of ether oxygens (including phenoxy) is 1. The van der Waals surface area contributed by atoms with Gasteiger partial charge in [-0.05, 0) is 47.5 Å². The predicted octanol–water partition coefficient (Wildman–Crippen LogP) is 4.40. The van der Waals surface area contributed by atoms with Crippen LogP contribution in [-0.4, -0.2) is 4.57 Å². The van der Waals surface area contributed by atoms with E-state index in [0.29, 0.717) is 28.2 Å². The highest BCUT2D eigenvalue weighted by Crippen LogP contribution is 2.30. The van der Waals surface area contributed by atoms with Crippen LogP contribution in [0, 0.1) is 0 Å². The van der Waals surface area contributed by atoms with Crippen LogP contribution in [0.25, 0.3) is 0 Å². The van der Waals surface area contributed by atoms with Crippen LogP contribution < -0.4 is 17.0 Å². The molecule has 0 fully saturated rings. The van der Waals surface area contributed by atoms with E-state index in [-0.39, 0.29) is 18.5 Å². The van der Waals surface area contributed by atoms with Crippen molar-refractivity contribution in [3.63, 3.8) is 0 Å². The number of benzene rings is 3. The van der Waals surface area contributed by atoms with Crippen molar-refractivity contribution < 1.29 is 21.7 Å². The third-order valence-electron chi connectivity index (χ3n) is 5.08. The van der Waals surface area contributed by atoms with Gasteiger partial charge in [-0.15, -0.1) is 0 Å². The molecule has 0 saturated carbocycles. The summed E-state index contributed by atoms with van der Waals surface area (Å²) in [5, 5.41) is 2.61. The van der Waals surface area contributed by atoms with Gasteiger partial charge in [0.2, 0.25) is 6.33 Å². The normalized spacial score (nSPS) is 11.8. The van der Waals surface area contributed by atoms with Gasteiger partial charge in [-0.1, -0.05) is 76.7 Å². The molecule has 3 aromatic carbocycles. The van der Waals surface area contributed by atoms with E-state index < -0.39 is 0 Å². The fourth-order valence-electron chi connectivity index (χ4n) is 3.41. The van der Waals surface area contributed by atoms with Gasteiger partial charge in [0.1, 0.15) is 31.6 Å². The van der Waals surface area contributed by atoms with Crippen LogP contribution in [0.2, 0.25) is 20.1 Å². The van der Waals surface area contributed by atoms with Crippen LogP contribution in [0.4, 0.5) is 0 Å². The molecule has 33 heavy (non-hydrogen) atoms. The lowest BCUT2D eigenvalue weighted by Crippen LogP contribution is -3.00. The summed E-state index contributed by atoms with van der Waals surface area (Å²) in [6, 6.07) is 21.0. The summed E-state index contributed by atoms with van der Waals surface area (Å²) >= 11 is 24.6. The van der Waals surface area contributed by atoms with E-state index in [1.807, 2.05) is 73.1 Å². The van der Waals surface area contributed by atoms with Gasteiger partial charge in [-0.25, -0.2) is 9.13 Å². The number of aromatic nitrogens is 2. The number of rotatable bonds is 8. The first-order valence-corrected chi connectivity index (χ1v) is 11.6. The first-order valence-electron chi connectivity index (χ1n) is 10.1. The third kappa shape index (κ3) is 7.38. The Morgan fingerprint density at radius 1 is 0.788 bits per heavy atom. The van der Waals surface area contributed by atoms with Gasteiger partial charge in [0.05, 0.1) is 6.61 Å². The minimum absolute atomic E-state index is 0. The molecule has 0 saturated heterocycles. The van der Waals surface area contributed by atoms with Crippen molar-refractivity contribution in [1.29, 1.82) is 0 Å². The molecule has 0 aliphatic heterocycles. The predicted molar refractivity (Wildman–Crippen MR) is 131 cm³/mol. The van der Waals surface area contributed by atoms with Gasteiger partial charge in [0.15, 0.2) is 0 Å². The monoisotopic (exact) mass is 540 g/mol. The van der Waals surface area contributed by atoms with E-state index >= 15 is 0 Å². The number of hydrogen-bond acceptors (Lipinski definition) is 1. The van der Waals surface area contributed by atoms with Crippen molar-refractivity contribution in [2.24, 2.45) is 0 Å². The molecule has 1 aromatic heterocycles. The first-order chi connectivity index (χ1) is 15.5. The van der Waals surface area contributed by atoms with Gasteiger partial charge in [0, 0.05) is 25.7 Å². The smallest absolute Gasteiger partial charge is 0.244 e. The quantitative estimate of drug-likeness (QED) is 0.302. The van der Waals surface area contributed by atoms with Gasteiger partial charge in [-0.2, -0.15) is 0 Å².